The van der Waals surface area contributed by atoms with Crippen LogP contribution in [-0.2, 0) is 4.74 Å². The Morgan fingerprint density at radius 3 is 2.69 bits per heavy atom. The van der Waals surface area contributed by atoms with Crippen LogP contribution in [0.2, 0.25) is 0 Å². The van der Waals surface area contributed by atoms with Gasteiger partial charge in [-0.05, 0) is 33.2 Å². The van der Waals surface area contributed by atoms with E-state index in [9.17, 15) is 0 Å². The topological polar surface area (TPSA) is 33.3 Å². The fraction of sp³-hybridized carbons (Fsp3) is 1.00. The molecule has 2 heterocycles. The Kier molecular flexibility index (Phi) is 3.57. The fourth-order valence-electron chi connectivity index (χ4n) is 2.23. The van der Waals surface area contributed by atoms with Gasteiger partial charge in [0.2, 0.25) is 0 Å². The molecular formula is C9H19ClN2O. The molecule has 0 saturated carbocycles. The Morgan fingerprint density at radius 1 is 1.46 bits per heavy atom. The number of halogens is 1. The Morgan fingerprint density at radius 2 is 2.23 bits per heavy atom. The number of ether oxygens (including phenoxy) is 1. The van der Waals surface area contributed by atoms with E-state index in [2.05, 4.69) is 24.5 Å². The predicted molar refractivity (Wildman–Crippen MR) is 55.2 cm³/mol. The van der Waals surface area contributed by atoms with Gasteiger partial charge >= 0.3 is 0 Å². The lowest BCUT2D eigenvalue weighted by atomic mass is 10.0. The second-order valence-corrected chi connectivity index (χ2v) is 4.11. The summed E-state index contributed by atoms with van der Waals surface area (Å²) in [5.74, 6) is 0. The van der Waals surface area contributed by atoms with Crippen molar-refractivity contribution in [2.45, 2.75) is 44.5 Å². The van der Waals surface area contributed by atoms with Gasteiger partial charge in [-0.2, -0.15) is 0 Å². The first kappa shape index (κ1) is 11.2. The molecule has 3 nitrogen and oxygen atoms in total. The molecule has 0 radical (unpaired) electrons. The summed E-state index contributed by atoms with van der Waals surface area (Å²) in [5, 5.41) is 6.96. The molecular weight excluding hydrogens is 188 g/mol. The van der Waals surface area contributed by atoms with Crippen LogP contribution >= 0.6 is 12.4 Å². The minimum atomic E-state index is -0.115. The predicted octanol–water partition coefficient (Wildman–Crippen LogP) is 0.885. The molecule has 2 aliphatic heterocycles. The molecule has 0 spiro atoms. The van der Waals surface area contributed by atoms with Gasteiger partial charge in [-0.15, -0.1) is 12.4 Å². The second-order valence-electron chi connectivity index (χ2n) is 4.11. The fourth-order valence-corrected chi connectivity index (χ4v) is 2.23. The van der Waals surface area contributed by atoms with Gasteiger partial charge in [-0.3, -0.25) is 5.32 Å². The molecule has 78 valence electrons. The highest BCUT2D eigenvalue weighted by Gasteiger charge is 2.41. The molecule has 2 fully saturated rings. The van der Waals surface area contributed by atoms with E-state index in [4.69, 9.17) is 4.74 Å². The van der Waals surface area contributed by atoms with Crippen LogP contribution in [0.25, 0.3) is 0 Å². The smallest absolute Gasteiger partial charge is 0.132 e. The van der Waals surface area contributed by atoms with Crippen molar-refractivity contribution in [1.82, 2.24) is 10.6 Å². The second kappa shape index (κ2) is 4.13. The maximum atomic E-state index is 5.76. The van der Waals surface area contributed by atoms with Gasteiger partial charge in [0.15, 0.2) is 0 Å². The van der Waals surface area contributed by atoms with E-state index in [1.165, 1.54) is 12.8 Å². The zero-order valence-electron chi connectivity index (χ0n) is 8.30. The van der Waals surface area contributed by atoms with Crippen molar-refractivity contribution >= 4 is 12.4 Å². The molecule has 0 bridgehead atoms. The molecule has 2 aliphatic rings. The molecule has 0 aliphatic carbocycles. The summed E-state index contributed by atoms with van der Waals surface area (Å²) in [6.45, 7) is 6.30. The van der Waals surface area contributed by atoms with Crippen molar-refractivity contribution in [2.24, 2.45) is 0 Å². The van der Waals surface area contributed by atoms with Crippen LogP contribution in [0.1, 0.15) is 26.7 Å². The maximum absolute atomic E-state index is 5.76. The van der Waals surface area contributed by atoms with Gasteiger partial charge < -0.3 is 10.1 Å². The van der Waals surface area contributed by atoms with Gasteiger partial charge in [0.05, 0.1) is 6.61 Å². The minimum Gasteiger partial charge on any atom is -0.358 e. The Bertz CT molecular complexity index is 173. The Hall–Kier alpha value is 0.170. The number of nitrogens with one attached hydrogen (secondary N) is 2. The van der Waals surface area contributed by atoms with Gasteiger partial charge in [0.25, 0.3) is 0 Å². The van der Waals surface area contributed by atoms with Crippen molar-refractivity contribution < 1.29 is 4.74 Å². The zero-order valence-corrected chi connectivity index (χ0v) is 9.12. The first-order chi connectivity index (χ1) is 5.71. The van der Waals surface area contributed by atoms with E-state index >= 15 is 0 Å². The summed E-state index contributed by atoms with van der Waals surface area (Å²) in [7, 11) is 0. The van der Waals surface area contributed by atoms with E-state index in [-0.39, 0.29) is 18.1 Å². The van der Waals surface area contributed by atoms with E-state index in [0.29, 0.717) is 12.1 Å². The van der Waals surface area contributed by atoms with Crippen LogP contribution in [0.15, 0.2) is 0 Å². The van der Waals surface area contributed by atoms with Crippen LogP contribution in [0.3, 0.4) is 0 Å². The van der Waals surface area contributed by atoms with Gasteiger partial charge in [0.1, 0.15) is 5.72 Å². The van der Waals surface area contributed by atoms with E-state index in [1.807, 2.05) is 0 Å². The first-order valence-electron chi connectivity index (χ1n) is 4.86. The lowest BCUT2D eigenvalue weighted by Gasteiger charge is -2.31. The standard InChI is InChI=1S/C9H18N2O.ClH/c1-7-6-12-9(2,11-7)8-4-3-5-10-8;/h7-8,10-11H,3-6H2,1-2H3;1H. The van der Waals surface area contributed by atoms with Crippen LogP contribution in [0.5, 0.6) is 0 Å². The van der Waals surface area contributed by atoms with Gasteiger partial charge in [-0.25, -0.2) is 0 Å². The molecule has 4 heteroatoms. The molecule has 2 rings (SSSR count). The SMILES string of the molecule is CC1COC(C)(C2CCCN2)N1.Cl. The lowest BCUT2D eigenvalue weighted by Crippen LogP contribution is -2.54. The highest BCUT2D eigenvalue weighted by Crippen LogP contribution is 2.24. The molecule has 13 heavy (non-hydrogen) atoms. The molecule has 2 saturated heterocycles. The average Bonchev–Trinajstić information content (AvgIpc) is 2.59. The average molecular weight is 207 g/mol. The Balaban J connectivity index is 0.000000845. The minimum absolute atomic E-state index is 0. The van der Waals surface area contributed by atoms with E-state index < -0.39 is 0 Å². The number of rotatable bonds is 1. The van der Waals surface area contributed by atoms with Crippen molar-refractivity contribution in [3.05, 3.63) is 0 Å². The van der Waals surface area contributed by atoms with E-state index in [1.54, 1.807) is 0 Å². The molecule has 0 amide bonds. The molecule has 3 atom stereocenters. The number of hydrogen-bond acceptors (Lipinski definition) is 3. The summed E-state index contributed by atoms with van der Waals surface area (Å²) in [4.78, 5) is 0. The zero-order chi connectivity index (χ0) is 8.60. The van der Waals surface area contributed by atoms with Crippen LogP contribution in [-0.4, -0.2) is 31.0 Å². The highest BCUT2D eigenvalue weighted by atomic mass is 35.5. The summed E-state index contributed by atoms with van der Waals surface area (Å²) in [5.41, 5.74) is -0.115. The van der Waals surface area contributed by atoms with E-state index in [0.717, 1.165) is 13.2 Å². The third-order valence-electron chi connectivity index (χ3n) is 2.89. The molecule has 0 aromatic rings. The quantitative estimate of drug-likeness (QED) is 0.669. The summed E-state index contributed by atoms with van der Waals surface area (Å²) >= 11 is 0. The first-order valence-corrected chi connectivity index (χ1v) is 4.86. The Labute approximate surface area is 86.0 Å². The number of hydrogen-bond donors (Lipinski definition) is 2. The van der Waals surface area contributed by atoms with Crippen molar-refractivity contribution in [1.29, 1.82) is 0 Å². The summed E-state index contributed by atoms with van der Waals surface area (Å²) in [6.07, 6.45) is 2.51. The summed E-state index contributed by atoms with van der Waals surface area (Å²) in [6, 6.07) is 1.000. The van der Waals surface area contributed by atoms with Crippen molar-refractivity contribution in [3.8, 4) is 0 Å². The van der Waals surface area contributed by atoms with Crippen molar-refractivity contribution in [2.75, 3.05) is 13.2 Å². The normalized spacial score (nSPS) is 44.8. The molecule has 3 unspecified atom stereocenters. The maximum Gasteiger partial charge on any atom is 0.132 e. The van der Waals surface area contributed by atoms with Crippen molar-refractivity contribution in [3.63, 3.8) is 0 Å². The van der Waals surface area contributed by atoms with Crippen LogP contribution < -0.4 is 10.6 Å². The summed E-state index contributed by atoms with van der Waals surface area (Å²) < 4.78 is 5.76. The largest absolute Gasteiger partial charge is 0.358 e. The third-order valence-corrected chi connectivity index (χ3v) is 2.89. The van der Waals surface area contributed by atoms with Crippen LogP contribution in [0, 0.1) is 0 Å². The van der Waals surface area contributed by atoms with Gasteiger partial charge in [-0.1, -0.05) is 0 Å². The highest BCUT2D eigenvalue weighted by molar-refractivity contribution is 5.85. The molecule has 2 N–H and O–H groups in total. The van der Waals surface area contributed by atoms with Crippen LogP contribution in [0.4, 0.5) is 0 Å². The van der Waals surface area contributed by atoms with Gasteiger partial charge in [0, 0.05) is 12.1 Å². The third kappa shape index (κ3) is 2.15. The monoisotopic (exact) mass is 206 g/mol. The lowest BCUT2D eigenvalue weighted by molar-refractivity contribution is -0.0203. The molecule has 0 aromatic heterocycles. The molecule has 0 aromatic carbocycles.